The summed E-state index contributed by atoms with van der Waals surface area (Å²) in [5.74, 6) is -4.54. The molecule has 0 aromatic heterocycles. The van der Waals surface area contributed by atoms with E-state index >= 15 is 0 Å². The highest BCUT2D eigenvalue weighted by atomic mass is 16.4. The molecule has 0 heterocycles. The smallest absolute Gasteiger partial charge is 0.326 e. The second kappa shape index (κ2) is 17.4. The van der Waals surface area contributed by atoms with Gasteiger partial charge in [-0.15, -0.1) is 0 Å². The zero-order chi connectivity index (χ0) is 30.2. The van der Waals surface area contributed by atoms with Crippen LogP contribution in [0, 0.1) is 5.92 Å². The van der Waals surface area contributed by atoms with E-state index in [9.17, 15) is 29.1 Å². The van der Waals surface area contributed by atoms with Crippen LogP contribution in [-0.2, 0) is 30.4 Å². The highest BCUT2D eigenvalue weighted by Crippen LogP contribution is 2.11. The van der Waals surface area contributed by atoms with Crippen molar-refractivity contribution in [2.75, 3.05) is 6.54 Å². The highest BCUT2D eigenvalue weighted by molar-refractivity contribution is 5.94. The Morgan fingerprint density at radius 3 is 2.08 bits per heavy atom. The molecule has 222 valence electrons. The number of aliphatic carboxylic acids is 1. The molecule has 0 aliphatic rings. The van der Waals surface area contributed by atoms with Crippen LogP contribution in [0.3, 0.4) is 0 Å². The molecule has 5 unspecified atom stereocenters. The summed E-state index contributed by atoms with van der Waals surface area (Å²) in [4.78, 5) is 65.9. The van der Waals surface area contributed by atoms with Crippen molar-refractivity contribution in [2.45, 2.75) is 76.5 Å². The molecular weight excluding hydrogens is 520 g/mol. The van der Waals surface area contributed by atoms with Crippen LogP contribution < -0.4 is 38.9 Å². The first-order chi connectivity index (χ1) is 18.8. The molecule has 0 saturated carbocycles. The van der Waals surface area contributed by atoms with Gasteiger partial charge in [-0.3, -0.25) is 24.2 Å². The van der Waals surface area contributed by atoms with Crippen molar-refractivity contribution in [3.8, 4) is 0 Å². The number of guanidine groups is 1. The first-order valence-electron chi connectivity index (χ1n) is 13.1. The van der Waals surface area contributed by atoms with E-state index in [0.717, 1.165) is 5.56 Å². The van der Waals surface area contributed by atoms with Crippen molar-refractivity contribution in [1.29, 1.82) is 0 Å². The lowest BCUT2D eigenvalue weighted by molar-refractivity contribution is -0.143. The van der Waals surface area contributed by atoms with Gasteiger partial charge in [-0.05, 0) is 37.2 Å². The molecule has 12 N–H and O–H groups in total. The van der Waals surface area contributed by atoms with Crippen LogP contribution in [0.4, 0.5) is 0 Å². The standard InChI is InChI=1S/C26H42N8O6/c1-3-15(2)21(24(38)33-19(25(39)40)11-12-20(28)35)34-23(37)18(10-7-13-31-26(29)30)32-22(36)17(27)14-16-8-5-4-6-9-16/h4-6,8-9,15,17-19,21H,3,7,10-14,27H2,1-2H3,(H2,28,35)(H,32,36)(H,33,38)(H,34,37)(H,39,40)(H4,29,30,31). The molecule has 0 saturated heterocycles. The van der Waals surface area contributed by atoms with Gasteiger partial charge in [-0.1, -0.05) is 50.6 Å². The Kier molecular flexibility index (Phi) is 14.7. The summed E-state index contributed by atoms with van der Waals surface area (Å²) in [5, 5.41) is 17.1. The van der Waals surface area contributed by atoms with Gasteiger partial charge in [0.15, 0.2) is 5.96 Å². The van der Waals surface area contributed by atoms with E-state index in [-0.39, 0.29) is 38.2 Å². The number of hydrogen-bond acceptors (Lipinski definition) is 7. The van der Waals surface area contributed by atoms with Gasteiger partial charge in [-0.25, -0.2) is 4.79 Å². The summed E-state index contributed by atoms with van der Waals surface area (Å²) < 4.78 is 0. The van der Waals surface area contributed by atoms with Crippen LogP contribution >= 0.6 is 0 Å². The second-order valence-electron chi connectivity index (χ2n) is 9.58. The summed E-state index contributed by atoms with van der Waals surface area (Å²) in [6.07, 6.45) is 0.733. The monoisotopic (exact) mass is 562 g/mol. The Hall–Kier alpha value is -4.20. The van der Waals surface area contributed by atoms with Gasteiger partial charge in [0.2, 0.25) is 23.6 Å². The molecule has 1 aromatic rings. The molecule has 0 radical (unpaired) electrons. The topological polar surface area (TPSA) is 258 Å². The zero-order valence-corrected chi connectivity index (χ0v) is 23.0. The average molecular weight is 563 g/mol. The predicted octanol–water partition coefficient (Wildman–Crippen LogP) is -1.54. The first-order valence-corrected chi connectivity index (χ1v) is 13.1. The van der Waals surface area contributed by atoms with Crippen LogP contribution in [0.1, 0.15) is 51.5 Å². The number of primary amides is 1. The van der Waals surface area contributed by atoms with Gasteiger partial charge in [0, 0.05) is 13.0 Å². The minimum atomic E-state index is -1.38. The minimum absolute atomic E-state index is 0.118. The Morgan fingerprint density at radius 2 is 1.52 bits per heavy atom. The van der Waals surface area contributed by atoms with Crippen LogP contribution in [0.15, 0.2) is 35.3 Å². The van der Waals surface area contributed by atoms with Gasteiger partial charge in [0.1, 0.15) is 18.1 Å². The molecule has 0 fully saturated rings. The molecule has 0 spiro atoms. The van der Waals surface area contributed by atoms with E-state index < -0.39 is 59.7 Å². The maximum absolute atomic E-state index is 13.3. The van der Waals surface area contributed by atoms with E-state index in [1.54, 1.807) is 13.8 Å². The largest absolute Gasteiger partial charge is 0.480 e. The number of nitrogens with zero attached hydrogens (tertiary/aromatic N) is 1. The molecule has 40 heavy (non-hydrogen) atoms. The molecule has 4 amide bonds. The van der Waals surface area contributed by atoms with Gasteiger partial charge in [0.05, 0.1) is 6.04 Å². The number of carboxylic acid groups (broad SMARTS) is 1. The Labute approximate surface area is 233 Å². The number of amides is 4. The van der Waals surface area contributed by atoms with Crippen LogP contribution in [-0.4, -0.2) is 71.4 Å². The summed E-state index contributed by atoms with van der Waals surface area (Å²) in [6.45, 7) is 3.72. The molecule has 1 rings (SSSR count). The number of carbonyl (C=O) groups is 5. The van der Waals surface area contributed by atoms with E-state index in [1.807, 2.05) is 30.3 Å². The molecule has 0 aliphatic heterocycles. The van der Waals surface area contributed by atoms with Gasteiger partial charge >= 0.3 is 5.97 Å². The van der Waals surface area contributed by atoms with Crippen molar-refractivity contribution in [1.82, 2.24) is 16.0 Å². The van der Waals surface area contributed by atoms with E-state index in [0.29, 0.717) is 12.8 Å². The zero-order valence-electron chi connectivity index (χ0n) is 23.0. The molecule has 14 nitrogen and oxygen atoms in total. The fraction of sp³-hybridized carbons (Fsp3) is 0.538. The Bertz CT molecular complexity index is 1030. The van der Waals surface area contributed by atoms with Gasteiger partial charge in [-0.2, -0.15) is 0 Å². The van der Waals surface area contributed by atoms with E-state index in [2.05, 4.69) is 20.9 Å². The maximum atomic E-state index is 13.3. The number of carboxylic acids is 1. The van der Waals surface area contributed by atoms with Crippen molar-refractivity contribution in [3.63, 3.8) is 0 Å². The number of carbonyl (C=O) groups excluding carboxylic acids is 4. The van der Waals surface area contributed by atoms with Crippen LogP contribution in [0.5, 0.6) is 0 Å². The first kappa shape index (κ1) is 33.8. The summed E-state index contributed by atoms with van der Waals surface area (Å²) >= 11 is 0. The third-order valence-electron chi connectivity index (χ3n) is 6.30. The number of nitrogens with one attached hydrogen (secondary N) is 3. The quantitative estimate of drug-likeness (QED) is 0.0585. The fourth-order valence-electron chi connectivity index (χ4n) is 3.77. The number of rotatable bonds is 18. The van der Waals surface area contributed by atoms with Crippen molar-refractivity contribution >= 4 is 35.6 Å². The maximum Gasteiger partial charge on any atom is 0.326 e. The van der Waals surface area contributed by atoms with E-state index in [4.69, 9.17) is 22.9 Å². The third-order valence-corrected chi connectivity index (χ3v) is 6.30. The molecular formula is C26H42N8O6. The van der Waals surface area contributed by atoms with Gasteiger partial charge in [0.25, 0.3) is 0 Å². The van der Waals surface area contributed by atoms with Crippen molar-refractivity contribution < 1.29 is 29.1 Å². The average Bonchev–Trinajstić information content (AvgIpc) is 2.90. The molecule has 14 heteroatoms. The number of benzene rings is 1. The van der Waals surface area contributed by atoms with Crippen LogP contribution in [0.25, 0.3) is 0 Å². The Morgan fingerprint density at radius 1 is 0.900 bits per heavy atom. The van der Waals surface area contributed by atoms with Crippen LogP contribution in [0.2, 0.25) is 0 Å². The highest BCUT2D eigenvalue weighted by Gasteiger charge is 2.32. The molecule has 0 aliphatic carbocycles. The number of hydrogen-bond donors (Lipinski definition) is 8. The second-order valence-corrected chi connectivity index (χ2v) is 9.58. The minimum Gasteiger partial charge on any atom is -0.480 e. The number of nitrogens with two attached hydrogens (primary N) is 4. The normalized spacial score (nSPS) is 14.5. The molecule has 1 aromatic carbocycles. The fourth-order valence-corrected chi connectivity index (χ4v) is 3.77. The molecule has 0 bridgehead atoms. The van der Waals surface area contributed by atoms with Crippen molar-refractivity contribution in [2.24, 2.45) is 33.8 Å². The summed E-state index contributed by atoms with van der Waals surface area (Å²) in [7, 11) is 0. The van der Waals surface area contributed by atoms with E-state index in [1.165, 1.54) is 0 Å². The van der Waals surface area contributed by atoms with Gasteiger partial charge < -0.3 is 44.0 Å². The lowest BCUT2D eigenvalue weighted by Gasteiger charge is -2.28. The molecule has 5 atom stereocenters. The Balaban J connectivity index is 3.05. The predicted molar refractivity (Wildman–Crippen MR) is 149 cm³/mol. The van der Waals surface area contributed by atoms with Crippen molar-refractivity contribution in [3.05, 3.63) is 35.9 Å². The summed E-state index contributed by atoms with van der Waals surface area (Å²) in [5.41, 5.74) is 22.8. The SMILES string of the molecule is CCC(C)C(NC(=O)C(CCCN=C(N)N)NC(=O)C(N)Cc1ccccc1)C(=O)NC(CCC(N)=O)C(=O)O. The third kappa shape index (κ3) is 12.6. The lowest BCUT2D eigenvalue weighted by atomic mass is 9.96. The number of aliphatic imine (C=N–C) groups is 1. The lowest BCUT2D eigenvalue weighted by Crippen LogP contribution is -2.58. The summed E-state index contributed by atoms with van der Waals surface area (Å²) in [6, 6.07) is 4.62.